The van der Waals surface area contributed by atoms with Gasteiger partial charge in [0.25, 0.3) is 0 Å². The minimum atomic E-state index is 0.892. The summed E-state index contributed by atoms with van der Waals surface area (Å²) in [5, 5.41) is 7.67. The normalized spacial score (nSPS) is 11.1. The lowest BCUT2D eigenvalue weighted by Crippen LogP contribution is -2.26. The number of nitrogens with one attached hydrogen (secondary N) is 1. The fourth-order valence-electron chi connectivity index (χ4n) is 1.77. The molecule has 4 nitrogen and oxygen atoms in total. The molecule has 18 heavy (non-hydrogen) atoms. The van der Waals surface area contributed by atoms with E-state index in [1.165, 1.54) is 5.56 Å². The highest BCUT2D eigenvalue weighted by molar-refractivity contribution is 5.34. The Labute approximate surface area is 108 Å². The third-order valence-corrected chi connectivity index (χ3v) is 2.74. The van der Waals surface area contributed by atoms with Crippen LogP contribution in [0.5, 0.6) is 0 Å². The largest absolute Gasteiger partial charge is 0.311 e. The summed E-state index contributed by atoms with van der Waals surface area (Å²) in [5.41, 5.74) is 2.38. The van der Waals surface area contributed by atoms with Crippen molar-refractivity contribution in [3.05, 3.63) is 48.3 Å². The summed E-state index contributed by atoms with van der Waals surface area (Å²) in [5.74, 6) is 0. The highest BCUT2D eigenvalue weighted by Gasteiger charge is 1.98. The molecule has 0 aliphatic carbocycles. The van der Waals surface area contributed by atoms with E-state index >= 15 is 0 Å². The minimum absolute atomic E-state index is 0.892. The van der Waals surface area contributed by atoms with Crippen LogP contribution in [0.3, 0.4) is 0 Å². The maximum atomic E-state index is 4.24. The molecule has 96 valence electrons. The van der Waals surface area contributed by atoms with E-state index in [4.69, 9.17) is 0 Å². The van der Waals surface area contributed by atoms with E-state index in [-0.39, 0.29) is 0 Å². The van der Waals surface area contributed by atoms with Crippen molar-refractivity contribution in [3.8, 4) is 5.69 Å². The van der Waals surface area contributed by atoms with Crippen LogP contribution in [0.25, 0.3) is 5.69 Å². The Kier molecular flexibility index (Phi) is 4.50. The van der Waals surface area contributed by atoms with Gasteiger partial charge in [-0.25, -0.2) is 4.68 Å². The molecular weight excluding hydrogens is 224 g/mol. The fourth-order valence-corrected chi connectivity index (χ4v) is 1.77. The summed E-state index contributed by atoms with van der Waals surface area (Å²) in [7, 11) is 4.17. The van der Waals surface area contributed by atoms with Crippen LogP contribution >= 0.6 is 0 Å². The molecule has 1 aromatic heterocycles. The first-order chi connectivity index (χ1) is 8.75. The predicted octanol–water partition coefficient (Wildman–Crippen LogP) is 1.52. The van der Waals surface area contributed by atoms with Crippen LogP contribution in [0.4, 0.5) is 0 Å². The molecule has 0 aliphatic rings. The second-order valence-corrected chi connectivity index (χ2v) is 4.60. The van der Waals surface area contributed by atoms with Gasteiger partial charge in [-0.3, -0.25) is 0 Å². The van der Waals surface area contributed by atoms with Crippen LogP contribution in [0.15, 0.2) is 42.7 Å². The topological polar surface area (TPSA) is 33.1 Å². The van der Waals surface area contributed by atoms with Crippen molar-refractivity contribution in [2.75, 3.05) is 27.2 Å². The molecule has 0 saturated carbocycles. The summed E-state index contributed by atoms with van der Waals surface area (Å²) in [6.45, 7) is 2.95. The molecule has 1 heterocycles. The third kappa shape index (κ3) is 3.68. The average Bonchev–Trinajstić information content (AvgIpc) is 2.89. The number of nitrogens with zero attached hydrogens (tertiary/aromatic N) is 3. The second kappa shape index (κ2) is 6.33. The number of aromatic nitrogens is 2. The third-order valence-electron chi connectivity index (χ3n) is 2.74. The Morgan fingerprint density at radius 1 is 1.28 bits per heavy atom. The van der Waals surface area contributed by atoms with Crippen LogP contribution in [-0.2, 0) is 6.54 Å². The van der Waals surface area contributed by atoms with Gasteiger partial charge in [0.1, 0.15) is 0 Å². The van der Waals surface area contributed by atoms with Crippen LogP contribution in [0.1, 0.15) is 5.56 Å². The van der Waals surface area contributed by atoms with E-state index < -0.39 is 0 Å². The van der Waals surface area contributed by atoms with Gasteiger partial charge in [0, 0.05) is 32.0 Å². The van der Waals surface area contributed by atoms with Gasteiger partial charge in [0.15, 0.2) is 0 Å². The maximum absolute atomic E-state index is 4.24. The molecule has 0 aliphatic heterocycles. The number of hydrogen-bond acceptors (Lipinski definition) is 3. The molecule has 0 spiro atoms. The minimum Gasteiger partial charge on any atom is -0.311 e. The zero-order valence-corrected chi connectivity index (χ0v) is 11.0. The zero-order chi connectivity index (χ0) is 12.8. The molecule has 2 rings (SSSR count). The highest BCUT2D eigenvalue weighted by atomic mass is 15.3. The van der Waals surface area contributed by atoms with E-state index in [9.17, 15) is 0 Å². The molecule has 0 saturated heterocycles. The van der Waals surface area contributed by atoms with Crippen molar-refractivity contribution < 1.29 is 0 Å². The first kappa shape index (κ1) is 12.8. The van der Waals surface area contributed by atoms with Gasteiger partial charge in [-0.15, -0.1) is 0 Å². The van der Waals surface area contributed by atoms with Gasteiger partial charge >= 0.3 is 0 Å². The first-order valence-corrected chi connectivity index (χ1v) is 6.20. The molecule has 1 N–H and O–H groups in total. The number of likely N-dealkylation sites (N-methyl/N-ethyl adjacent to an activating group) is 1. The Morgan fingerprint density at radius 3 is 2.89 bits per heavy atom. The molecule has 0 radical (unpaired) electrons. The standard InChI is InChI=1S/C14H20N4/c1-17(2)10-8-15-12-13-5-3-6-14(11-13)18-9-4-7-16-18/h3-7,9,11,15H,8,10,12H2,1-2H3. The lowest BCUT2D eigenvalue weighted by atomic mass is 10.2. The van der Waals surface area contributed by atoms with E-state index in [1.54, 1.807) is 6.20 Å². The van der Waals surface area contributed by atoms with E-state index in [2.05, 4.69) is 53.7 Å². The molecule has 0 fully saturated rings. The zero-order valence-electron chi connectivity index (χ0n) is 11.0. The molecular formula is C14H20N4. The van der Waals surface area contributed by atoms with E-state index in [1.807, 2.05) is 16.9 Å². The monoisotopic (exact) mass is 244 g/mol. The first-order valence-electron chi connectivity index (χ1n) is 6.20. The lowest BCUT2D eigenvalue weighted by Gasteiger charge is -2.11. The van der Waals surface area contributed by atoms with Gasteiger partial charge in [-0.05, 0) is 37.9 Å². The Morgan fingerprint density at radius 2 is 2.17 bits per heavy atom. The van der Waals surface area contributed by atoms with Crippen molar-refractivity contribution in [1.82, 2.24) is 20.0 Å². The number of hydrogen-bond donors (Lipinski definition) is 1. The highest BCUT2D eigenvalue weighted by Crippen LogP contribution is 2.09. The lowest BCUT2D eigenvalue weighted by molar-refractivity contribution is 0.400. The Bertz CT molecular complexity index is 462. The molecule has 0 unspecified atom stereocenters. The van der Waals surface area contributed by atoms with Crippen LogP contribution < -0.4 is 5.32 Å². The van der Waals surface area contributed by atoms with Gasteiger partial charge in [0.05, 0.1) is 5.69 Å². The fraction of sp³-hybridized carbons (Fsp3) is 0.357. The van der Waals surface area contributed by atoms with E-state index in [0.717, 1.165) is 25.3 Å². The van der Waals surface area contributed by atoms with Gasteiger partial charge in [-0.2, -0.15) is 5.10 Å². The molecule has 4 heteroatoms. The van der Waals surface area contributed by atoms with Crippen LogP contribution in [0.2, 0.25) is 0 Å². The molecule has 0 atom stereocenters. The maximum Gasteiger partial charge on any atom is 0.0648 e. The summed E-state index contributed by atoms with van der Waals surface area (Å²) >= 11 is 0. The Balaban J connectivity index is 1.92. The van der Waals surface area contributed by atoms with Crippen molar-refractivity contribution in [2.45, 2.75) is 6.54 Å². The van der Waals surface area contributed by atoms with Gasteiger partial charge in [0.2, 0.25) is 0 Å². The average molecular weight is 244 g/mol. The Hall–Kier alpha value is -1.65. The van der Waals surface area contributed by atoms with Crippen molar-refractivity contribution >= 4 is 0 Å². The summed E-state index contributed by atoms with van der Waals surface area (Å²) in [6.07, 6.45) is 3.75. The quantitative estimate of drug-likeness (QED) is 0.782. The van der Waals surface area contributed by atoms with Gasteiger partial charge < -0.3 is 10.2 Å². The van der Waals surface area contributed by atoms with E-state index in [0.29, 0.717) is 0 Å². The van der Waals surface area contributed by atoms with Crippen molar-refractivity contribution in [3.63, 3.8) is 0 Å². The van der Waals surface area contributed by atoms with Gasteiger partial charge in [-0.1, -0.05) is 12.1 Å². The predicted molar refractivity (Wildman–Crippen MR) is 73.8 cm³/mol. The summed E-state index contributed by atoms with van der Waals surface area (Å²) in [6, 6.07) is 10.4. The van der Waals surface area contributed by atoms with Crippen LogP contribution in [-0.4, -0.2) is 41.9 Å². The molecule has 1 aromatic carbocycles. The molecule has 0 amide bonds. The SMILES string of the molecule is CN(C)CCNCc1cccc(-n2cccn2)c1. The van der Waals surface area contributed by atoms with Crippen LogP contribution in [0, 0.1) is 0 Å². The summed E-state index contributed by atoms with van der Waals surface area (Å²) in [4.78, 5) is 2.17. The second-order valence-electron chi connectivity index (χ2n) is 4.60. The van der Waals surface area contributed by atoms with Crippen molar-refractivity contribution in [1.29, 1.82) is 0 Å². The van der Waals surface area contributed by atoms with Crippen molar-refractivity contribution in [2.24, 2.45) is 0 Å². The smallest absolute Gasteiger partial charge is 0.0648 e. The molecule has 2 aromatic rings. The number of rotatable bonds is 6. The number of benzene rings is 1. The summed E-state index contributed by atoms with van der Waals surface area (Å²) < 4.78 is 1.88. The molecule has 0 bridgehead atoms.